The first-order chi connectivity index (χ1) is 14.4. The molecule has 0 saturated carbocycles. The van der Waals surface area contributed by atoms with Crippen molar-refractivity contribution < 1.29 is 23.6 Å². The number of aromatic nitrogens is 1. The highest BCUT2D eigenvalue weighted by Gasteiger charge is 2.53. The maximum absolute atomic E-state index is 13.6. The standard InChI is InChI=1S/C22H22FN3O4/c1-12(26-9-3-2-4-10-26)18-17-15(20(27)24-21(17)28)7-8-22(18,29)19-14-6-5-13(23)11-16(14)30-25-19/h5-8,11-12,18,29H,2-4,9-10H2,1H3,(H,24,27,28). The van der Waals surface area contributed by atoms with E-state index in [1.54, 1.807) is 0 Å². The summed E-state index contributed by atoms with van der Waals surface area (Å²) in [5.41, 5.74) is -0.733. The van der Waals surface area contributed by atoms with Crippen LogP contribution < -0.4 is 5.32 Å². The Morgan fingerprint density at radius 3 is 2.80 bits per heavy atom. The Labute approximate surface area is 172 Å². The second-order valence-corrected chi connectivity index (χ2v) is 8.26. The van der Waals surface area contributed by atoms with Crippen molar-refractivity contribution in [1.29, 1.82) is 0 Å². The molecular weight excluding hydrogens is 389 g/mol. The predicted octanol–water partition coefficient (Wildman–Crippen LogP) is 2.17. The van der Waals surface area contributed by atoms with Crippen molar-refractivity contribution in [1.82, 2.24) is 15.4 Å². The van der Waals surface area contributed by atoms with Crippen LogP contribution in [0.5, 0.6) is 0 Å². The van der Waals surface area contributed by atoms with Crippen molar-refractivity contribution >= 4 is 22.8 Å². The monoisotopic (exact) mass is 411 g/mol. The average Bonchev–Trinajstić information content (AvgIpc) is 3.28. The van der Waals surface area contributed by atoms with Crippen LogP contribution in [0.15, 0.2) is 46.0 Å². The number of amides is 2. The van der Waals surface area contributed by atoms with Crippen molar-refractivity contribution in [3.05, 3.63) is 53.0 Å². The average molecular weight is 411 g/mol. The number of likely N-dealkylation sites (tertiary alicyclic amines) is 1. The molecule has 0 spiro atoms. The number of piperidine rings is 1. The van der Waals surface area contributed by atoms with Crippen molar-refractivity contribution in [2.75, 3.05) is 13.1 Å². The van der Waals surface area contributed by atoms with Crippen LogP contribution in [0.3, 0.4) is 0 Å². The van der Waals surface area contributed by atoms with Gasteiger partial charge in [0.15, 0.2) is 5.58 Å². The lowest BCUT2D eigenvalue weighted by atomic mass is 9.70. The van der Waals surface area contributed by atoms with E-state index < -0.39 is 29.2 Å². The number of halogens is 1. The van der Waals surface area contributed by atoms with Gasteiger partial charge in [0.2, 0.25) is 0 Å². The fourth-order valence-electron chi connectivity index (χ4n) is 5.06. The van der Waals surface area contributed by atoms with Gasteiger partial charge < -0.3 is 9.63 Å². The number of nitrogens with zero attached hydrogens (tertiary/aromatic N) is 2. The molecule has 3 heterocycles. The molecule has 2 amide bonds. The zero-order valence-electron chi connectivity index (χ0n) is 16.5. The Kier molecular flexibility index (Phi) is 4.37. The molecule has 156 valence electrons. The van der Waals surface area contributed by atoms with Gasteiger partial charge in [-0.25, -0.2) is 4.39 Å². The van der Waals surface area contributed by atoms with Gasteiger partial charge in [0, 0.05) is 34.6 Å². The fourth-order valence-corrected chi connectivity index (χ4v) is 5.06. The predicted molar refractivity (Wildman–Crippen MR) is 106 cm³/mol. The molecule has 3 atom stereocenters. The van der Waals surface area contributed by atoms with Gasteiger partial charge in [0.05, 0.1) is 0 Å². The summed E-state index contributed by atoms with van der Waals surface area (Å²) < 4.78 is 18.9. The van der Waals surface area contributed by atoms with E-state index in [9.17, 15) is 19.1 Å². The molecule has 3 unspecified atom stereocenters. The number of rotatable bonds is 3. The van der Waals surface area contributed by atoms with E-state index in [-0.39, 0.29) is 28.5 Å². The third-order valence-electron chi connectivity index (χ3n) is 6.56. The normalized spacial score (nSPS) is 28.2. The van der Waals surface area contributed by atoms with E-state index in [0.717, 1.165) is 32.4 Å². The van der Waals surface area contributed by atoms with Gasteiger partial charge >= 0.3 is 0 Å². The maximum atomic E-state index is 13.6. The zero-order valence-corrected chi connectivity index (χ0v) is 16.5. The summed E-state index contributed by atoms with van der Waals surface area (Å²) in [5, 5.41) is 18.8. The molecule has 7 nitrogen and oxygen atoms in total. The van der Waals surface area contributed by atoms with E-state index in [4.69, 9.17) is 4.52 Å². The van der Waals surface area contributed by atoms with Gasteiger partial charge in [-0.05, 0) is 57.1 Å². The molecule has 2 aromatic rings. The SMILES string of the molecule is CC(C1C2=C(C=CC1(O)c1noc3cc(F)ccc13)C(=O)NC2=O)N1CCCCC1. The third kappa shape index (κ3) is 2.74. The first-order valence-electron chi connectivity index (χ1n) is 10.2. The minimum absolute atomic E-state index is 0.210. The molecule has 1 fully saturated rings. The summed E-state index contributed by atoms with van der Waals surface area (Å²) in [7, 11) is 0. The molecule has 0 bridgehead atoms. The van der Waals surface area contributed by atoms with Crippen molar-refractivity contribution in [2.24, 2.45) is 5.92 Å². The van der Waals surface area contributed by atoms with E-state index in [0.29, 0.717) is 5.39 Å². The van der Waals surface area contributed by atoms with Crippen molar-refractivity contribution in [3.8, 4) is 0 Å². The Morgan fingerprint density at radius 2 is 2.03 bits per heavy atom. The Morgan fingerprint density at radius 1 is 1.27 bits per heavy atom. The molecule has 5 rings (SSSR count). The maximum Gasteiger partial charge on any atom is 0.258 e. The number of hydrogen-bond donors (Lipinski definition) is 2. The van der Waals surface area contributed by atoms with Gasteiger partial charge in [-0.15, -0.1) is 0 Å². The summed E-state index contributed by atoms with van der Waals surface area (Å²) in [4.78, 5) is 27.3. The van der Waals surface area contributed by atoms with E-state index >= 15 is 0 Å². The Hall–Kier alpha value is -2.84. The Bertz CT molecular complexity index is 1110. The quantitative estimate of drug-likeness (QED) is 0.752. The summed E-state index contributed by atoms with van der Waals surface area (Å²) in [6.07, 6.45) is 6.20. The number of benzene rings is 1. The van der Waals surface area contributed by atoms with Crippen LogP contribution in [-0.4, -0.2) is 46.1 Å². The summed E-state index contributed by atoms with van der Waals surface area (Å²) >= 11 is 0. The smallest absolute Gasteiger partial charge is 0.258 e. The van der Waals surface area contributed by atoms with Gasteiger partial charge in [-0.1, -0.05) is 11.6 Å². The van der Waals surface area contributed by atoms with Crippen LogP contribution in [0, 0.1) is 11.7 Å². The van der Waals surface area contributed by atoms with Crippen molar-refractivity contribution in [2.45, 2.75) is 37.8 Å². The molecule has 0 radical (unpaired) electrons. The molecule has 3 aliphatic rings. The number of hydrogen-bond acceptors (Lipinski definition) is 6. The molecule has 1 aliphatic carbocycles. The summed E-state index contributed by atoms with van der Waals surface area (Å²) in [6.45, 7) is 3.66. The highest BCUT2D eigenvalue weighted by Crippen LogP contribution is 2.47. The van der Waals surface area contributed by atoms with E-state index in [1.807, 2.05) is 6.92 Å². The number of aliphatic hydroxyl groups is 1. The molecule has 2 aliphatic heterocycles. The molecule has 1 aromatic carbocycles. The second kappa shape index (κ2) is 6.85. The minimum atomic E-state index is -1.69. The lowest BCUT2D eigenvalue weighted by Gasteiger charge is -2.44. The van der Waals surface area contributed by atoms with E-state index in [2.05, 4.69) is 15.4 Å². The summed E-state index contributed by atoms with van der Waals surface area (Å²) in [6, 6.07) is 3.75. The Balaban J connectivity index is 1.67. The zero-order chi connectivity index (χ0) is 21.0. The lowest BCUT2D eigenvalue weighted by molar-refractivity contribution is -0.124. The molecule has 1 saturated heterocycles. The number of nitrogens with one attached hydrogen (secondary N) is 1. The lowest BCUT2D eigenvalue weighted by Crippen LogP contribution is -2.52. The van der Waals surface area contributed by atoms with Gasteiger partial charge in [-0.3, -0.25) is 19.8 Å². The second-order valence-electron chi connectivity index (χ2n) is 8.26. The van der Waals surface area contributed by atoms with Crippen LogP contribution in [0.4, 0.5) is 4.39 Å². The number of imide groups is 1. The largest absolute Gasteiger partial charge is 0.379 e. The van der Waals surface area contributed by atoms with Crippen LogP contribution in [-0.2, 0) is 15.2 Å². The highest BCUT2D eigenvalue weighted by atomic mass is 19.1. The number of carbonyl (C=O) groups excluding carboxylic acids is 2. The van der Waals surface area contributed by atoms with Crippen LogP contribution >= 0.6 is 0 Å². The minimum Gasteiger partial charge on any atom is -0.379 e. The molecule has 30 heavy (non-hydrogen) atoms. The highest BCUT2D eigenvalue weighted by molar-refractivity contribution is 6.21. The molecule has 2 N–H and O–H groups in total. The van der Waals surface area contributed by atoms with Crippen LogP contribution in [0.2, 0.25) is 0 Å². The van der Waals surface area contributed by atoms with E-state index in [1.165, 1.54) is 30.4 Å². The number of fused-ring (bicyclic) bond motifs is 1. The van der Waals surface area contributed by atoms with Crippen molar-refractivity contribution in [3.63, 3.8) is 0 Å². The molecular formula is C22H22FN3O4. The molecule has 1 aromatic heterocycles. The first kappa shape index (κ1) is 19.1. The van der Waals surface area contributed by atoms with Gasteiger partial charge in [0.25, 0.3) is 11.8 Å². The number of carbonyl (C=O) groups is 2. The van der Waals surface area contributed by atoms with Crippen LogP contribution in [0.25, 0.3) is 11.0 Å². The van der Waals surface area contributed by atoms with Gasteiger partial charge in [0.1, 0.15) is 17.1 Å². The third-order valence-corrected chi connectivity index (χ3v) is 6.56. The molecule has 8 heteroatoms. The van der Waals surface area contributed by atoms with Gasteiger partial charge in [-0.2, -0.15) is 0 Å². The first-order valence-corrected chi connectivity index (χ1v) is 10.2. The fraction of sp³-hybridized carbons (Fsp3) is 0.409. The summed E-state index contributed by atoms with van der Waals surface area (Å²) in [5.74, 6) is -2.16. The van der Waals surface area contributed by atoms with Crippen LogP contribution in [0.1, 0.15) is 31.9 Å². The topological polar surface area (TPSA) is 95.7 Å².